The molecule has 1 aromatic carbocycles. The Bertz CT molecular complexity index is 476. The molecule has 0 spiro atoms. The van der Waals surface area contributed by atoms with Crippen molar-refractivity contribution in [3.05, 3.63) is 47.8 Å². The zero-order valence-electron chi connectivity index (χ0n) is 10.1. The van der Waals surface area contributed by atoms with Gasteiger partial charge in [-0.2, -0.15) is 5.10 Å². The molecule has 0 aliphatic heterocycles. The van der Waals surface area contributed by atoms with Crippen LogP contribution in [0.3, 0.4) is 0 Å². The van der Waals surface area contributed by atoms with Gasteiger partial charge in [-0.1, -0.05) is 12.1 Å². The van der Waals surface area contributed by atoms with Crippen LogP contribution in [0.5, 0.6) is 0 Å². The zero-order chi connectivity index (χ0) is 12.3. The van der Waals surface area contributed by atoms with Gasteiger partial charge < -0.3 is 10.4 Å². The fourth-order valence-corrected chi connectivity index (χ4v) is 1.79. The van der Waals surface area contributed by atoms with E-state index in [1.807, 2.05) is 49.0 Å². The second kappa shape index (κ2) is 5.12. The average molecular weight is 231 g/mol. The highest BCUT2D eigenvalue weighted by Crippen LogP contribution is 2.16. The van der Waals surface area contributed by atoms with Gasteiger partial charge in [0, 0.05) is 18.4 Å². The Kier molecular flexibility index (Phi) is 3.56. The summed E-state index contributed by atoms with van der Waals surface area (Å²) in [4.78, 5) is 0. The number of aryl methyl sites for hydroxylation is 1. The first kappa shape index (κ1) is 11.8. The van der Waals surface area contributed by atoms with Crippen molar-refractivity contribution in [2.24, 2.45) is 0 Å². The smallest absolute Gasteiger partial charge is 0.0914 e. The monoisotopic (exact) mass is 231 g/mol. The van der Waals surface area contributed by atoms with E-state index in [0.717, 1.165) is 16.9 Å². The minimum absolute atomic E-state index is 0.465. The molecule has 2 rings (SSSR count). The number of hydrogen-bond acceptors (Lipinski definition) is 3. The van der Waals surface area contributed by atoms with Gasteiger partial charge >= 0.3 is 0 Å². The lowest BCUT2D eigenvalue weighted by atomic mass is 10.1. The van der Waals surface area contributed by atoms with E-state index in [1.165, 1.54) is 0 Å². The Balaban J connectivity index is 2.21. The molecule has 1 heterocycles. The van der Waals surface area contributed by atoms with Crippen molar-refractivity contribution in [1.29, 1.82) is 0 Å². The van der Waals surface area contributed by atoms with Crippen molar-refractivity contribution in [2.45, 2.75) is 13.0 Å². The first-order valence-electron chi connectivity index (χ1n) is 5.66. The molecule has 1 unspecified atom stereocenters. The van der Waals surface area contributed by atoms with Crippen LogP contribution < -0.4 is 5.32 Å². The molecule has 0 radical (unpaired) electrons. The summed E-state index contributed by atoms with van der Waals surface area (Å²) in [5, 5.41) is 17.0. The maximum atomic E-state index is 9.81. The Morgan fingerprint density at radius 3 is 2.53 bits per heavy atom. The molecule has 2 N–H and O–H groups in total. The van der Waals surface area contributed by atoms with E-state index in [9.17, 15) is 5.11 Å². The van der Waals surface area contributed by atoms with Gasteiger partial charge in [0.25, 0.3) is 0 Å². The van der Waals surface area contributed by atoms with E-state index < -0.39 is 6.10 Å². The van der Waals surface area contributed by atoms with Crippen LogP contribution in [0, 0.1) is 6.92 Å². The standard InChI is InChI=1S/C13H17N3O/c1-10-7-8-15-16(10)12-5-3-11(4-6-12)13(17)9-14-2/h3-8,13-14,17H,9H2,1-2H3. The summed E-state index contributed by atoms with van der Waals surface area (Å²) < 4.78 is 1.87. The van der Waals surface area contributed by atoms with Crippen molar-refractivity contribution in [3.8, 4) is 5.69 Å². The van der Waals surface area contributed by atoms with Crippen molar-refractivity contribution in [3.63, 3.8) is 0 Å². The van der Waals surface area contributed by atoms with Gasteiger partial charge in [0.1, 0.15) is 0 Å². The third kappa shape index (κ3) is 2.54. The van der Waals surface area contributed by atoms with Crippen molar-refractivity contribution >= 4 is 0 Å². The third-order valence-electron chi connectivity index (χ3n) is 2.75. The van der Waals surface area contributed by atoms with E-state index >= 15 is 0 Å². The van der Waals surface area contributed by atoms with Gasteiger partial charge in [0.05, 0.1) is 11.8 Å². The van der Waals surface area contributed by atoms with Crippen LogP contribution >= 0.6 is 0 Å². The van der Waals surface area contributed by atoms with E-state index in [-0.39, 0.29) is 0 Å². The number of aliphatic hydroxyl groups excluding tert-OH is 1. The van der Waals surface area contributed by atoms with Crippen LogP contribution in [0.1, 0.15) is 17.4 Å². The Labute approximate surface area is 101 Å². The van der Waals surface area contributed by atoms with Crippen LogP contribution in [-0.2, 0) is 0 Å². The van der Waals surface area contributed by atoms with Gasteiger partial charge in [-0.05, 0) is 37.7 Å². The fourth-order valence-electron chi connectivity index (χ4n) is 1.79. The molecule has 1 atom stereocenters. The summed E-state index contributed by atoms with van der Waals surface area (Å²) in [6.45, 7) is 2.57. The Morgan fingerprint density at radius 2 is 2.00 bits per heavy atom. The largest absolute Gasteiger partial charge is 0.387 e. The summed E-state index contributed by atoms with van der Waals surface area (Å²) in [7, 11) is 1.82. The third-order valence-corrected chi connectivity index (χ3v) is 2.75. The van der Waals surface area contributed by atoms with Crippen molar-refractivity contribution in [2.75, 3.05) is 13.6 Å². The average Bonchev–Trinajstić information content (AvgIpc) is 2.76. The fraction of sp³-hybridized carbons (Fsp3) is 0.308. The highest BCUT2D eigenvalue weighted by atomic mass is 16.3. The lowest BCUT2D eigenvalue weighted by molar-refractivity contribution is 0.178. The van der Waals surface area contributed by atoms with E-state index in [2.05, 4.69) is 10.4 Å². The van der Waals surface area contributed by atoms with E-state index in [4.69, 9.17) is 0 Å². The van der Waals surface area contributed by atoms with Crippen LogP contribution in [0.25, 0.3) is 5.69 Å². The minimum Gasteiger partial charge on any atom is -0.387 e. The molecule has 4 heteroatoms. The van der Waals surface area contributed by atoms with E-state index in [0.29, 0.717) is 6.54 Å². The number of likely N-dealkylation sites (N-methyl/N-ethyl adjacent to an activating group) is 1. The summed E-state index contributed by atoms with van der Waals surface area (Å²) in [6, 6.07) is 9.75. The van der Waals surface area contributed by atoms with E-state index in [1.54, 1.807) is 6.20 Å². The second-order valence-corrected chi connectivity index (χ2v) is 4.05. The number of aliphatic hydroxyl groups is 1. The molecule has 0 saturated heterocycles. The summed E-state index contributed by atoms with van der Waals surface area (Å²) in [5.41, 5.74) is 3.01. The quantitative estimate of drug-likeness (QED) is 0.837. The molecule has 1 aromatic heterocycles. The molecule has 4 nitrogen and oxygen atoms in total. The molecule has 0 amide bonds. The van der Waals surface area contributed by atoms with Crippen LogP contribution in [0.4, 0.5) is 0 Å². The van der Waals surface area contributed by atoms with Gasteiger partial charge in [0.2, 0.25) is 0 Å². The number of hydrogen-bond donors (Lipinski definition) is 2. The number of nitrogens with one attached hydrogen (secondary N) is 1. The molecule has 0 bridgehead atoms. The lowest BCUT2D eigenvalue weighted by Crippen LogP contribution is -2.16. The zero-order valence-corrected chi connectivity index (χ0v) is 10.1. The molecule has 0 fully saturated rings. The summed E-state index contributed by atoms with van der Waals surface area (Å²) in [6.07, 6.45) is 1.31. The highest BCUT2D eigenvalue weighted by Gasteiger charge is 2.06. The first-order chi connectivity index (χ1) is 8.22. The number of benzene rings is 1. The first-order valence-corrected chi connectivity index (χ1v) is 5.66. The number of nitrogens with zero attached hydrogens (tertiary/aromatic N) is 2. The lowest BCUT2D eigenvalue weighted by Gasteiger charge is -2.11. The predicted molar refractivity (Wildman–Crippen MR) is 67.2 cm³/mol. The Morgan fingerprint density at radius 1 is 1.29 bits per heavy atom. The normalized spacial score (nSPS) is 12.6. The van der Waals surface area contributed by atoms with Gasteiger partial charge in [-0.3, -0.25) is 0 Å². The summed E-state index contributed by atoms with van der Waals surface area (Å²) >= 11 is 0. The highest BCUT2D eigenvalue weighted by molar-refractivity contribution is 5.36. The molecule has 0 aliphatic rings. The molecular formula is C13H17N3O. The number of aromatic nitrogens is 2. The summed E-state index contributed by atoms with van der Waals surface area (Å²) in [5.74, 6) is 0. The Hall–Kier alpha value is -1.65. The topological polar surface area (TPSA) is 50.1 Å². The maximum absolute atomic E-state index is 9.81. The van der Waals surface area contributed by atoms with Gasteiger partial charge in [-0.15, -0.1) is 0 Å². The SMILES string of the molecule is CNCC(O)c1ccc(-n2nccc2C)cc1. The van der Waals surface area contributed by atoms with Crippen LogP contribution in [0.2, 0.25) is 0 Å². The molecular weight excluding hydrogens is 214 g/mol. The van der Waals surface area contributed by atoms with Gasteiger partial charge in [0.15, 0.2) is 0 Å². The molecule has 0 saturated carbocycles. The predicted octanol–water partition coefficient (Wildman–Crippen LogP) is 1.43. The number of rotatable bonds is 4. The van der Waals surface area contributed by atoms with Gasteiger partial charge in [-0.25, -0.2) is 4.68 Å². The van der Waals surface area contributed by atoms with Crippen molar-refractivity contribution < 1.29 is 5.11 Å². The molecule has 0 aliphatic carbocycles. The molecule has 2 aromatic rings. The maximum Gasteiger partial charge on any atom is 0.0914 e. The van der Waals surface area contributed by atoms with Crippen LogP contribution in [-0.4, -0.2) is 28.5 Å². The molecule has 90 valence electrons. The second-order valence-electron chi connectivity index (χ2n) is 4.05. The molecule has 17 heavy (non-hydrogen) atoms. The van der Waals surface area contributed by atoms with Crippen LogP contribution in [0.15, 0.2) is 36.5 Å². The minimum atomic E-state index is -0.465. The van der Waals surface area contributed by atoms with Crippen molar-refractivity contribution in [1.82, 2.24) is 15.1 Å².